The first-order valence-corrected chi connectivity index (χ1v) is 5.21. The van der Waals surface area contributed by atoms with Crippen molar-refractivity contribution in [3.8, 4) is 5.75 Å². The predicted octanol–water partition coefficient (Wildman–Crippen LogP) is 1.66. The second-order valence-electron chi connectivity index (χ2n) is 3.90. The molecule has 0 amide bonds. The van der Waals surface area contributed by atoms with Gasteiger partial charge in [-0.3, -0.25) is 0 Å². The minimum absolute atomic E-state index is 0.0335. The Hall–Kier alpha value is -1.06. The van der Waals surface area contributed by atoms with Gasteiger partial charge in [-0.25, -0.2) is 0 Å². The third kappa shape index (κ3) is 1.85. The van der Waals surface area contributed by atoms with Gasteiger partial charge in [0.2, 0.25) is 0 Å². The Kier molecular flexibility index (Phi) is 2.93. The topological polar surface area (TPSA) is 44.5 Å². The van der Waals surface area contributed by atoms with E-state index in [9.17, 15) is 0 Å². The van der Waals surface area contributed by atoms with Gasteiger partial charge < -0.3 is 15.2 Å². The summed E-state index contributed by atoms with van der Waals surface area (Å²) in [5.41, 5.74) is 8.62. The number of hydrogen-bond donors (Lipinski definition) is 1. The highest BCUT2D eigenvalue weighted by molar-refractivity contribution is 5.39. The minimum atomic E-state index is -0.0335. The molecule has 0 fully saturated rings. The van der Waals surface area contributed by atoms with E-state index in [1.54, 1.807) is 14.2 Å². The fourth-order valence-electron chi connectivity index (χ4n) is 2.18. The molecular formula is C12H17NO2. The van der Waals surface area contributed by atoms with E-state index < -0.39 is 0 Å². The summed E-state index contributed by atoms with van der Waals surface area (Å²) in [4.78, 5) is 0. The van der Waals surface area contributed by atoms with Crippen molar-refractivity contribution in [2.75, 3.05) is 14.2 Å². The Labute approximate surface area is 90.2 Å². The van der Waals surface area contributed by atoms with E-state index in [-0.39, 0.29) is 12.1 Å². The maximum Gasteiger partial charge on any atom is 0.119 e. The summed E-state index contributed by atoms with van der Waals surface area (Å²) in [5.74, 6) is 0.862. The first kappa shape index (κ1) is 10.5. The number of benzene rings is 1. The lowest BCUT2D eigenvalue weighted by Gasteiger charge is -2.30. The molecule has 0 heterocycles. The molecule has 1 aliphatic carbocycles. The van der Waals surface area contributed by atoms with Gasteiger partial charge in [0.25, 0.3) is 0 Å². The molecule has 3 nitrogen and oxygen atoms in total. The van der Waals surface area contributed by atoms with Crippen molar-refractivity contribution >= 4 is 0 Å². The maximum absolute atomic E-state index is 6.14. The van der Waals surface area contributed by atoms with Crippen LogP contribution in [0.4, 0.5) is 0 Å². The molecule has 0 aromatic heterocycles. The lowest BCUT2D eigenvalue weighted by atomic mass is 9.86. The number of aryl methyl sites for hydroxylation is 1. The predicted molar refractivity (Wildman–Crippen MR) is 59.0 cm³/mol. The summed E-state index contributed by atoms with van der Waals surface area (Å²) >= 11 is 0. The molecule has 0 aliphatic heterocycles. The van der Waals surface area contributed by atoms with Crippen molar-refractivity contribution in [1.82, 2.24) is 0 Å². The van der Waals surface area contributed by atoms with E-state index in [1.165, 1.54) is 5.56 Å². The molecule has 0 radical (unpaired) electrons. The van der Waals surface area contributed by atoms with Crippen LogP contribution in [0.25, 0.3) is 0 Å². The van der Waals surface area contributed by atoms with Crippen LogP contribution in [0.2, 0.25) is 0 Å². The van der Waals surface area contributed by atoms with Crippen LogP contribution >= 0.6 is 0 Å². The summed E-state index contributed by atoms with van der Waals surface area (Å²) in [6, 6.07) is 6.07. The van der Waals surface area contributed by atoms with Crippen molar-refractivity contribution in [3.63, 3.8) is 0 Å². The highest BCUT2D eigenvalue weighted by atomic mass is 16.5. The van der Waals surface area contributed by atoms with Crippen LogP contribution in [0.3, 0.4) is 0 Å². The van der Waals surface area contributed by atoms with Gasteiger partial charge in [-0.2, -0.15) is 0 Å². The fourth-order valence-corrected chi connectivity index (χ4v) is 2.18. The van der Waals surface area contributed by atoms with Crippen LogP contribution in [-0.4, -0.2) is 20.3 Å². The monoisotopic (exact) mass is 207 g/mol. The highest BCUT2D eigenvalue weighted by Gasteiger charge is 2.26. The number of nitrogens with two attached hydrogens (primary N) is 1. The largest absolute Gasteiger partial charge is 0.497 e. The number of methoxy groups -OCH3 is 2. The lowest BCUT2D eigenvalue weighted by Crippen LogP contribution is -2.32. The van der Waals surface area contributed by atoms with Crippen molar-refractivity contribution in [3.05, 3.63) is 29.3 Å². The Morgan fingerprint density at radius 2 is 2.13 bits per heavy atom. The second kappa shape index (κ2) is 4.21. The zero-order valence-corrected chi connectivity index (χ0v) is 9.19. The average Bonchev–Trinajstić information content (AvgIpc) is 2.29. The van der Waals surface area contributed by atoms with Gasteiger partial charge in [-0.15, -0.1) is 0 Å². The van der Waals surface area contributed by atoms with Crippen molar-refractivity contribution in [2.24, 2.45) is 5.73 Å². The smallest absolute Gasteiger partial charge is 0.119 e. The molecule has 1 aromatic carbocycles. The van der Waals surface area contributed by atoms with Gasteiger partial charge in [0.15, 0.2) is 0 Å². The normalized spacial score (nSPS) is 24.7. The molecule has 2 N–H and O–H groups in total. The number of rotatable bonds is 2. The van der Waals surface area contributed by atoms with Gasteiger partial charge in [-0.05, 0) is 36.1 Å². The van der Waals surface area contributed by atoms with E-state index in [1.807, 2.05) is 12.1 Å². The molecule has 0 spiro atoms. The van der Waals surface area contributed by atoms with E-state index in [2.05, 4.69) is 6.07 Å². The van der Waals surface area contributed by atoms with E-state index in [0.29, 0.717) is 0 Å². The SMILES string of the molecule is COc1ccc2c(c1)C(N)C(OC)CC2. The third-order valence-corrected chi connectivity index (χ3v) is 3.11. The molecule has 2 atom stereocenters. The molecule has 15 heavy (non-hydrogen) atoms. The van der Waals surface area contributed by atoms with Gasteiger partial charge in [-0.1, -0.05) is 6.07 Å². The molecule has 82 valence electrons. The number of fused-ring (bicyclic) bond motifs is 1. The Morgan fingerprint density at radius 3 is 2.80 bits per heavy atom. The molecule has 1 aliphatic rings. The first-order chi connectivity index (χ1) is 7.26. The number of hydrogen-bond acceptors (Lipinski definition) is 3. The van der Waals surface area contributed by atoms with Crippen LogP contribution in [0, 0.1) is 0 Å². The first-order valence-electron chi connectivity index (χ1n) is 5.21. The summed E-state index contributed by atoms with van der Waals surface area (Å²) < 4.78 is 10.6. The van der Waals surface area contributed by atoms with Crippen LogP contribution in [0.1, 0.15) is 23.6 Å². The van der Waals surface area contributed by atoms with Gasteiger partial charge in [0.05, 0.1) is 19.3 Å². The average molecular weight is 207 g/mol. The standard InChI is InChI=1S/C12H17NO2/c1-14-9-5-3-8-4-6-11(15-2)12(13)10(8)7-9/h3,5,7,11-12H,4,6,13H2,1-2H3. The van der Waals surface area contributed by atoms with Crippen molar-refractivity contribution in [1.29, 1.82) is 0 Å². The Bertz CT molecular complexity index is 351. The Balaban J connectivity index is 2.35. The summed E-state index contributed by atoms with van der Waals surface area (Å²) in [7, 11) is 3.39. The zero-order chi connectivity index (χ0) is 10.8. The molecule has 3 heteroatoms. The van der Waals surface area contributed by atoms with Gasteiger partial charge in [0, 0.05) is 7.11 Å². The molecule has 2 rings (SSSR count). The van der Waals surface area contributed by atoms with Crippen molar-refractivity contribution < 1.29 is 9.47 Å². The highest BCUT2D eigenvalue weighted by Crippen LogP contribution is 2.32. The van der Waals surface area contributed by atoms with E-state index in [4.69, 9.17) is 15.2 Å². The molecule has 1 aromatic rings. The van der Waals surface area contributed by atoms with Crippen LogP contribution in [0.15, 0.2) is 18.2 Å². The maximum atomic E-state index is 6.14. The second-order valence-corrected chi connectivity index (χ2v) is 3.90. The minimum Gasteiger partial charge on any atom is -0.497 e. The van der Waals surface area contributed by atoms with Crippen molar-refractivity contribution in [2.45, 2.75) is 25.0 Å². The van der Waals surface area contributed by atoms with Crippen LogP contribution in [-0.2, 0) is 11.2 Å². The molecule has 0 saturated heterocycles. The van der Waals surface area contributed by atoms with E-state index in [0.717, 1.165) is 24.2 Å². The summed E-state index contributed by atoms with van der Waals surface area (Å²) in [6.07, 6.45) is 2.16. The number of ether oxygens (including phenoxy) is 2. The molecule has 0 bridgehead atoms. The summed E-state index contributed by atoms with van der Waals surface area (Å²) in [6.45, 7) is 0. The lowest BCUT2D eigenvalue weighted by molar-refractivity contribution is 0.0678. The third-order valence-electron chi connectivity index (χ3n) is 3.11. The summed E-state index contributed by atoms with van der Waals surface area (Å²) in [5, 5.41) is 0. The Morgan fingerprint density at radius 1 is 1.33 bits per heavy atom. The zero-order valence-electron chi connectivity index (χ0n) is 9.19. The van der Waals surface area contributed by atoms with Crippen LogP contribution in [0.5, 0.6) is 5.75 Å². The molecular weight excluding hydrogens is 190 g/mol. The van der Waals surface area contributed by atoms with E-state index >= 15 is 0 Å². The quantitative estimate of drug-likeness (QED) is 0.802. The molecule has 2 unspecified atom stereocenters. The van der Waals surface area contributed by atoms with Gasteiger partial charge >= 0.3 is 0 Å². The van der Waals surface area contributed by atoms with Gasteiger partial charge in [0.1, 0.15) is 5.75 Å². The molecule has 0 saturated carbocycles. The fraction of sp³-hybridized carbons (Fsp3) is 0.500. The van der Waals surface area contributed by atoms with Crippen LogP contribution < -0.4 is 10.5 Å².